The van der Waals surface area contributed by atoms with Crippen LogP contribution in [0.5, 0.6) is 0 Å². The third kappa shape index (κ3) is 3.11. The first-order valence-electron chi connectivity index (χ1n) is 13.8. The van der Waals surface area contributed by atoms with Crippen LogP contribution < -0.4 is 4.90 Å². The van der Waals surface area contributed by atoms with Crippen LogP contribution in [-0.4, -0.2) is 19.1 Å². The highest BCUT2D eigenvalue weighted by atomic mass is 15.2. The van der Waals surface area contributed by atoms with E-state index >= 15 is 0 Å². The molecule has 0 unspecified atom stereocenters. The zero-order valence-electron chi connectivity index (χ0n) is 22.0. The van der Waals surface area contributed by atoms with E-state index in [2.05, 4.69) is 134 Å². The summed E-state index contributed by atoms with van der Waals surface area (Å²) in [5.74, 6) is 0.920. The van der Waals surface area contributed by atoms with Crippen molar-refractivity contribution in [3.05, 3.63) is 140 Å². The normalized spacial score (nSPS) is 12.3. The number of imidazole rings is 1. The maximum atomic E-state index is 5.09. The van der Waals surface area contributed by atoms with Crippen molar-refractivity contribution in [2.45, 2.75) is 0 Å². The zero-order valence-corrected chi connectivity index (χ0v) is 22.0. The summed E-state index contributed by atoms with van der Waals surface area (Å²) >= 11 is 0. The molecule has 1 aliphatic rings. The lowest BCUT2D eigenvalue weighted by atomic mass is 10.1. The van der Waals surface area contributed by atoms with Gasteiger partial charge in [-0.2, -0.15) is 0 Å². The molecule has 5 aromatic carbocycles. The van der Waals surface area contributed by atoms with Crippen LogP contribution in [0.15, 0.2) is 140 Å². The molecule has 4 heterocycles. The Morgan fingerprint density at radius 2 is 1.07 bits per heavy atom. The monoisotopic (exact) mass is 525 g/mol. The molecule has 0 fully saturated rings. The molecule has 5 nitrogen and oxygen atoms in total. The Bertz CT molecular complexity index is 2210. The molecule has 9 rings (SSSR count). The van der Waals surface area contributed by atoms with Crippen molar-refractivity contribution in [2.75, 3.05) is 4.90 Å². The third-order valence-corrected chi connectivity index (χ3v) is 8.14. The van der Waals surface area contributed by atoms with Gasteiger partial charge in [-0.25, -0.2) is 4.98 Å². The largest absolute Gasteiger partial charge is 0.309 e. The minimum atomic E-state index is 0.920. The van der Waals surface area contributed by atoms with Crippen molar-refractivity contribution < 1.29 is 0 Å². The predicted octanol–water partition coefficient (Wildman–Crippen LogP) is 8.97. The number of fused-ring (bicyclic) bond motifs is 5. The van der Waals surface area contributed by atoms with Crippen LogP contribution in [0.2, 0.25) is 0 Å². The first kappa shape index (κ1) is 22.2. The van der Waals surface area contributed by atoms with Gasteiger partial charge in [0.15, 0.2) is 0 Å². The Balaban J connectivity index is 1.25. The van der Waals surface area contributed by atoms with Gasteiger partial charge in [-0.3, -0.25) is 9.55 Å². The second-order valence-electron chi connectivity index (χ2n) is 10.4. The van der Waals surface area contributed by atoms with Crippen LogP contribution in [0.1, 0.15) is 0 Å². The Labute approximate surface area is 236 Å². The highest BCUT2D eigenvalue weighted by molar-refractivity contribution is 6.09. The first-order valence-corrected chi connectivity index (χ1v) is 13.8. The van der Waals surface area contributed by atoms with E-state index in [1.54, 1.807) is 0 Å². The quantitative estimate of drug-likeness (QED) is 0.231. The fourth-order valence-corrected chi connectivity index (χ4v) is 6.42. The third-order valence-electron chi connectivity index (χ3n) is 8.14. The molecule has 0 saturated carbocycles. The molecule has 41 heavy (non-hydrogen) atoms. The summed E-state index contributed by atoms with van der Waals surface area (Å²) in [6, 6.07) is 45.2. The van der Waals surface area contributed by atoms with Crippen LogP contribution in [0.25, 0.3) is 55.6 Å². The van der Waals surface area contributed by atoms with Gasteiger partial charge in [0.25, 0.3) is 0 Å². The molecule has 0 radical (unpaired) electrons. The summed E-state index contributed by atoms with van der Waals surface area (Å²) in [4.78, 5) is 11.7. The summed E-state index contributed by atoms with van der Waals surface area (Å²) in [7, 11) is 0. The fraction of sp³-hybridized carbons (Fsp3) is 0. The number of hydrogen-bond acceptors (Lipinski definition) is 3. The Kier molecular flexibility index (Phi) is 4.55. The van der Waals surface area contributed by atoms with Crippen molar-refractivity contribution in [1.29, 1.82) is 0 Å². The minimum Gasteiger partial charge on any atom is -0.309 e. The Morgan fingerprint density at radius 3 is 1.80 bits per heavy atom. The average Bonchev–Trinajstić information content (AvgIpc) is 3.60. The van der Waals surface area contributed by atoms with E-state index in [1.165, 1.54) is 21.8 Å². The lowest BCUT2D eigenvalue weighted by Crippen LogP contribution is -2.18. The maximum Gasteiger partial charge on any atom is 0.145 e. The standard InChI is InChI=1S/C36H23N5/c1-3-11-30-27(8-1)28-9-2-4-12-31(28)39(30)25-16-18-26(19-17-25)40-32-13-5-6-14-33(32)41-35-29(10-7-15-34(35)40)38-36(41)24-20-22-37-23-21-24/h1-23H. The number of rotatable bonds is 3. The van der Waals surface area contributed by atoms with Gasteiger partial charge >= 0.3 is 0 Å². The summed E-state index contributed by atoms with van der Waals surface area (Å²) < 4.78 is 4.65. The number of para-hydroxylation sites is 5. The zero-order chi connectivity index (χ0) is 26.9. The van der Waals surface area contributed by atoms with Gasteiger partial charge in [-0.15, -0.1) is 0 Å². The number of benzene rings is 5. The number of anilines is 3. The lowest BCUT2D eigenvalue weighted by molar-refractivity contribution is 1.06. The summed E-state index contributed by atoms with van der Waals surface area (Å²) in [5, 5.41) is 2.53. The second-order valence-corrected chi connectivity index (χ2v) is 10.4. The number of pyridine rings is 1. The van der Waals surface area contributed by atoms with E-state index in [0.717, 1.165) is 50.9 Å². The molecule has 0 spiro atoms. The topological polar surface area (TPSA) is 38.9 Å². The van der Waals surface area contributed by atoms with Crippen LogP contribution in [0, 0.1) is 0 Å². The second kappa shape index (κ2) is 8.41. The molecule has 0 amide bonds. The molecule has 0 bridgehead atoms. The van der Waals surface area contributed by atoms with Gasteiger partial charge in [-0.05, 0) is 72.8 Å². The molecule has 3 aromatic heterocycles. The molecule has 0 atom stereocenters. The Morgan fingerprint density at radius 1 is 0.463 bits per heavy atom. The molecule has 0 saturated heterocycles. The lowest BCUT2D eigenvalue weighted by Gasteiger charge is -2.33. The van der Waals surface area contributed by atoms with Crippen LogP contribution in [0.3, 0.4) is 0 Å². The van der Waals surface area contributed by atoms with Crippen LogP contribution in [-0.2, 0) is 0 Å². The van der Waals surface area contributed by atoms with E-state index in [-0.39, 0.29) is 0 Å². The van der Waals surface area contributed by atoms with Gasteiger partial charge in [-0.1, -0.05) is 54.6 Å². The molecule has 0 N–H and O–H groups in total. The van der Waals surface area contributed by atoms with Gasteiger partial charge in [0.05, 0.1) is 39.1 Å². The SMILES string of the molecule is c1ccc2c(c1)N(c1ccc(-n3c4ccccc4c4ccccc43)cc1)c1cccc3nc(-c4ccncc4)n-2c13. The number of aromatic nitrogens is 4. The molecule has 0 aliphatic carbocycles. The highest BCUT2D eigenvalue weighted by Crippen LogP contribution is 2.48. The van der Waals surface area contributed by atoms with Crippen molar-refractivity contribution >= 4 is 49.9 Å². The van der Waals surface area contributed by atoms with E-state index in [4.69, 9.17) is 4.98 Å². The van der Waals surface area contributed by atoms with Gasteiger partial charge in [0.1, 0.15) is 5.82 Å². The minimum absolute atomic E-state index is 0.920. The fourth-order valence-electron chi connectivity index (χ4n) is 6.42. The van der Waals surface area contributed by atoms with E-state index in [1.807, 2.05) is 24.5 Å². The van der Waals surface area contributed by atoms with Crippen LogP contribution in [0.4, 0.5) is 17.1 Å². The predicted molar refractivity (Wildman–Crippen MR) is 167 cm³/mol. The molecule has 192 valence electrons. The molecular formula is C36H23N5. The van der Waals surface area contributed by atoms with Crippen molar-refractivity contribution in [2.24, 2.45) is 0 Å². The van der Waals surface area contributed by atoms with Crippen molar-refractivity contribution in [3.63, 3.8) is 0 Å². The van der Waals surface area contributed by atoms with Gasteiger partial charge in [0, 0.05) is 40.1 Å². The summed E-state index contributed by atoms with van der Waals surface area (Å²) in [6.45, 7) is 0. The smallest absolute Gasteiger partial charge is 0.145 e. The molecule has 5 heteroatoms. The van der Waals surface area contributed by atoms with Crippen molar-refractivity contribution in [1.82, 2.24) is 19.1 Å². The van der Waals surface area contributed by atoms with Crippen molar-refractivity contribution in [3.8, 4) is 22.8 Å². The van der Waals surface area contributed by atoms with E-state index < -0.39 is 0 Å². The first-order chi connectivity index (χ1) is 20.4. The molecular weight excluding hydrogens is 502 g/mol. The number of hydrogen-bond donors (Lipinski definition) is 0. The molecule has 1 aliphatic heterocycles. The Hall–Kier alpha value is -5.68. The number of nitrogens with zero attached hydrogens (tertiary/aromatic N) is 5. The van der Waals surface area contributed by atoms with E-state index in [0.29, 0.717) is 0 Å². The van der Waals surface area contributed by atoms with E-state index in [9.17, 15) is 0 Å². The summed E-state index contributed by atoms with van der Waals surface area (Å²) in [6.07, 6.45) is 3.64. The maximum absolute atomic E-state index is 5.09. The van der Waals surface area contributed by atoms with Gasteiger partial charge in [0.2, 0.25) is 0 Å². The van der Waals surface area contributed by atoms with Crippen LogP contribution >= 0.6 is 0 Å². The highest BCUT2D eigenvalue weighted by Gasteiger charge is 2.29. The molecule has 8 aromatic rings. The van der Waals surface area contributed by atoms with Gasteiger partial charge < -0.3 is 9.47 Å². The summed E-state index contributed by atoms with van der Waals surface area (Å²) in [5.41, 5.74) is 11.1. The average molecular weight is 526 g/mol.